The molecule has 3 aromatic rings. The highest BCUT2D eigenvalue weighted by atomic mass is 79.9. The summed E-state index contributed by atoms with van der Waals surface area (Å²) in [6, 6.07) is 16.3. The van der Waals surface area contributed by atoms with Gasteiger partial charge in [-0.3, -0.25) is 4.79 Å². The molecule has 0 unspecified atom stereocenters. The van der Waals surface area contributed by atoms with Crippen LogP contribution in [0.4, 0.5) is 0 Å². The molecule has 27 heavy (non-hydrogen) atoms. The fourth-order valence-corrected chi connectivity index (χ4v) is 2.87. The van der Waals surface area contributed by atoms with Gasteiger partial charge in [0.2, 0.25) is 0 Å². The zero-order valence-electron chi connectivity index (χ0n) is 14.4. The van der Waals surface area contributed by atoms with E-state index in [1.807, 2.05) is 42.5 Å². The number of carbonyl (C=O) groups is 1. The Morgan fingerprint density at radius 3 is 2.67 bits per heavy atom. The Balaban J connectivity index is 1.57. The van der Waals surface area contributed by atoms with Crippen LogP contribution in [-0.4, -0.2) is 12.1 Å². The van der Waals surface area contributed by atoms with Crippen LogP contribution in [0, 0.1) is 6.92 Å². The third kappa shape index (κ3) is 5.45. The normalized spacial score (nSPS) is 10.9. The third-order valence-corrected chi connectivity index (χ3v) is 4.48. The number of benzene rings is 2. The lowest BCUT2D eigenvalue weighted by Crippen LogP contribution is -2.16. The van der Waals surface area contributed by atoms with Crippen LogP contribution in [0.25, 0.3) is 0 Å². The van der Waals surface area contributed by atoms with Gasteiger partial charge in [-0.2, -0.15) is 5.10 Å². The average molecular weight is 448 g/mol. The van der Waals surface area contributed by atoms with E-state index in [9.17, 15) is 4.79 Å². The number of nitrogens with one attached hydrogen (secondary N) is 1. The largest absolute Gasteiger partial charge is 0.488 e. The Hall–Kier alpha value is -2.57. The molecular weight excluding hydrogens is 432 g/mol. The highest BCUT2D eigenvalue weighted by molar-refractivity contribution is 9.10. The number of hydrazone groups is 1. The number of rotatable bonds is 6. The quantitative estimate of drug-likeness (QED) is 0.409. The molecule has 1 N–H and O–H groups in total. The van der Waals surface area contributed by atoms with Gasteiger partial charge in [-0.15, -0.1) is 0 Å². The summed E-state index contributed by atoms with van der Waals surface area (Å²) in [5.74, 6) is 1.19. The molecule has 0 bridgehead atoms. The number of carbonyl (C=O) groups excluding carboxylic acids is 1. The number of furan rings is 1. The van der Waals surface area contributed by atoms with Crippen molar-refractivity contribution in [3.05, 3.63) is 86.7 Å². The van der Waals surface area contributed by atoms with Gasteiger partial charge in [-0.05, 0) is 76.4 Å². The van der Waals surface area contributed by atoms with Crippen molar-refractivity contribution in [1.29, 1.82) is 0 Å². The lowest BCUT2D eigenvalue weighted by atomic mass is 10.2. The maximum atomic E-state index is 11.9. The van der Waals surface area contributed by atoms with Crippen LogP contribution in [-0.2, 0) is 6.61 Å². The molecule has 0 aliphatic rings. The highest BCUT2D eigenvalue weighted by Crippen LogP contribution is 2.26. The average Bonchev–Trinajstić information content (AvgIpc) is 3.09. The summed E-state index contributed by atoms with van der Waals surface area (Å²) >= 11 is 9.36. The Morgan fingerprint density at radius 2 is 2.00 bits per heavy atom. The van der Waals surface area contributed by atoms with Crippen molar-refractivity contribution < 1.29 is 13.9 Å². The molecule has 0 saturated carbocycles. The Kier molecular flexibility index (Phi) is 6.32. The van der Waals surface area contributed by atoms with Crippen molar-refractivity contribution >= 4 is 39.7 Å². The van der Waals surface area contributed by atoms with Gasteiger partial charge >= 0.3 is 5.91 Å². The maximum absolute atomic E-state index is 11.9. The first-order valence-electron chi connectivity index (χ1n) is 8.08. The fourth-order valence-electron chi connectivity index (χ4n) is 2.23. The predicted molar refractivity (Wildman–Crippen MR) is 108 cm³/mol. The number of nitrogens with zero attached hydrogens (tertiary/aromatic N) is 1. The van der Waals surface area contributed by atoms with E-state index >= 15 is 0 Å². The minimum atomic E-state index is -0.402. The van der Waals surface area contributed by atoms with Crippen molar-refractivity contribution in [3.63, 3.8) is 0 Å². The second-order valence-electron chi connectivity index (χ2n) is 5.71. The number of amides is 1. The summed E-state index contributed by atoms with van der Waals surface area (Å²) in [5, 5.41) is 4.63. The Labute approximate surface area is 170 Å². The molecule has 5 nitrogen and oxygen atoms in total. The zero-order chi connectivity index (χ0) is 19.2. The summed E-state index contributed by atoms with van der Waals surface area (Å²) < 4.78 is 11.8. The topological polar surface area (TPSA) is 63.8 Å². The van der Waals surface area contributed by atoms with Crippen molar-refractivity contribution in [2.75, 3.05) is 0 Å². The van der Waals surface area contributed by atoms with Gasteiger partial charge < -0.3 is 9.15 Å². The summed E-state index contributed by atoms with van der Waals surface area (Å²) in [6.45, 7) is 2.20. The standard InChI is InChI=1S/C20H16BrClN2O3/c1-13-2-8-19(27-13)20(25)24-23-11-15-5-9-18(17(21)10-15)26-12-14-3-6-16(22)7-4-14/h2-11H,12H2,1H3,(H,24,25)/b23-11+. The van der Waals surface area contributed by atoms with Crippen LogP contribution in [0.1, 0.15) is 27.4 Å². The molecule has 0 radical (unpaired) electrons. The molecule has 3 rings (SSSR count). The molecule has 0 saturated heterocycles. The van der Waals surface area contributed by atoms with Crippen molar-refractivity contribution in [3.8, 4) is 5.75 Å². The van der Waals surface area contributed by atoms with Crippen LogP contribution in [0.2, 0.25) is 5.02 Å². The lowest BCUT2D eigenvalue weighted by molar-refractivity contribution is 0.0926. The summed E-state index contributed by atoms with van der Waals surface area (Å²) in [6.07, 6.45) is 1.54. The van der Waals surface area contributed by atoms with E-state index in [4.69, 9.17) is 20.8 Å². The van der Waals surface area contributed by atoms with E-state index in [0.717, 1.165) is 15.6 Å². The van der Waals surface area contributed by atoms with Gasteiger partial charge in [-0.25, -0.2) is 5.43 Å². The van der Waals surface area contributed by atoms with Crippen molar-refractivity contribution in [2.45, 2.75) is 13.5 Å². The molecule has 0 spiro atoms. The number of hydrogen-bond acceptors (Lipinski definition) is 4. The van der Waals surface area contributed by atoms with Gasteiger partial charge in [-0.1, -0.05) is 23.7 Å². The van der Waals surface area contributed by atoms with Crippen molar-refractivity contribution in [2.24, 2.45) is 5.10 Å². The predicted octanol–water partition coefficient (Wildman–Crippen LogP) is 5.35. The second kappa shape index (κ2) is 8.88. The minimum Gasteiger partial charge on any atom is -0.488 e. The SMILES string of the molecule is Cc1ccc(C(=O)N/N=C/c2ccc(OCc3ccc(Cl)cc3)c(Br)c2)o1. The minimum absolute atomic E-state index is 0.219. The summed E-state index contributed by atoms with van der Waals surface area (Å²) in [7, 11) is 0. The second-order valence-corrected chi connectivity index (χ2v) is 7.01. The molecule has 0 aliphatic heterocycles. The molecule has 0 atom stereocenters. The first-order chi connectivity index (χ1) is 13.0. The first-order valence-corrected chi connectivity index (χ1v) is 9.25. The molecule has 1 amide bonds. The fraction of sp³-hybridized carbons (Fsp3) is 0.100. The molecule has 2 aromatic carbocycles. The molecular formula is C20H16BrClN2O3. The van der Waals surface area contributed by atoms with Gasteiger partial charge in [0.1, 0.15) is 18.1 Å². The van der Waals surface area contributed by atoms with Gasteiger partial charge in [0.15, 0.2) is 5.76 Å². The lowest BCUT2D eigenvalue weighted by Gasteiger charge is -2.09. The van der Waals surface area contributed by atoms with Crippen LogP contribution in [0.5, 0.6) is 5.75 Å². The van der Waals surface area contributed by atoms with E-state index in [-0.39, 0.29) is 5.76 Å². The van der Waals surface area contributed by atoms with Crippen LogP contribution in [0.3, 0.4) is 0 Å². The van der Waals surface area contributed by atoms with E-state index in [1.165, 1.54) is 0 Å². The molecule has 7 heteroatoms. The molecule has 1 heterocycles. The van der Waals surface area contributed by atoms with Crippen molar-refractivity contribution in [1.82, 2.24) is 5.43 Å². The Bertz CT molecular complexity index is 968. The Morgan fingerprint density at radius 1 is 1.22 bits per heavy atom. The molecule has 138 valence electrons. The summed E-state index contributed by atoms with van der Waals surface area (Å²) in [4.78, 5) is 11.9. The number of aryl methyl sites for hydroxylation is 1. The maximum Gasteiger partial charge on any atom is 0.307 e. The van der Waals surface area contributed by atoms with Gasteiger partial charge in [0.05, 0.1) is 10.7 Å². The van der Waals surface area contributed by atoms with Gasteiger partial charge in [0.25, 0.3) is 0 Å². The third-order valence-electron chi connectivity index (χ3n) is 3.61. The highest BCUT2D eigenvalue weighted by Gasteiger charge is 2.08. The first kappa shape index (κ1) is 19.2. The number of halogens is 2. The zero-order valence-corrected chi connectivity index (χ0v) is 16.8. The monoisotopic (exact) mass is 446 g/mol. The van der Waals surface area contributed by atoms with E-state index in [1.54, 1.807) is 25.3 Å². The number of hydrogen-bond donors (Lipinski definition) is 1. The van der Waals surface area contributed by atoms with Crippen LogP contribution < -0.4 is 10.2 Å². The van der Waals surface area contributed by atoms with E-state index in [0.29, 0.717) is 23.1 Å². The molecule has 0 fully saturated rings. The summed E-state index contributed by atoms with van der Waals surface area (Å²) in [5.41, 5.74) is 4.25. The van der Waals surface area contributed by atoms with E-state index < -0.39 is 5.91 Å². The molecule has 0 aliphatic carbocycles. The molecule has 1 aromatic heterocycles. The van der Waals surface area contributed by atoms with Crippen LogP contribution >= 0.6 is 27.5 Å². The number of ether oxygens (including phenoxy) is 1. The van der Waals surface area contributed by atoms with Gasteiger partial charge in [0, 0.05) is 5.02 Å². The smallest absolute Gasteiger partial charge is 0.307 e. The van der Waals surface area contributed by atoms with E-state index in [2.05, 4.69) is 26.5 Å². The van der Waals surface area contributed by atoms with Crippen LogP contribution in [0.15, 0.2) is 68.6 Å².